The lowest BCUT2D eigenvalue weighted by Crippen LogP contribution is -2.45. The second-order valence-corrected chi connectivity index (χ2v) is 16.3. The molecular weight excluding hydrogens is 642 g/mol. The van der Waals surface area contributed by atoms with Crippen molar-refractivity contribution in [1.82, 2.24) is 5.32 Å². The zero-order valence-electron chi connectivity index (χ0n) is 32.4. The van der Waals surface area contributed by atoms with Crippen LogP contribution in [0.3, 0.4) is 0 Å². The number of carboxylic acid groups (broad SMARTS) is 1. The Bertz CT molecular complexity index is 1060. The number of esters is 1. The number of carboxylic acids is 1. The van der Waals surface area contributed by atoms with Crippen molar-refractivity contribution in [3.63, 3.8) is 0 Å². The van der Waals surface area contributed by atoms with Gasteiger partial charge in [0.15, 0.2) is 0 Å². The van der Waals surface area contributed by atoms with Crippen molar-refractivity contribution in [3.05, 3.63) is 0 Å². The van der Waals surface area contributed by atoms with Gasteiger partial charge in [0, 0.05) is 17.9 Å². The number of aliphatic hydroxyl groups excluding tert-OH is 1. The van der Waals surface area contributed by atoms with Crippen molar-refractivity contribution in [2.45, 2.75) is 206 Å². The first kappa shape index (κ1) is 42.5. The predicted octanol–water partition coefficient (Wildman–Crippen LogP) is 7.19. The van der Waals surface area contributed by atoms with E-state index in [1.165, 1.54) is 0 Å². The molecule has 50 heavy (non-hydrogen) atoms. The molecule has 0 aromatic carbocycles. The summed E-state index contributed by atoms with van der Waals surface area (Å²) in [6.07, 6.45) is 7.35. The summed E-state index contributed by atoms with van der Waals surface area (Å²) in [6, 6.07) is -0.0783. The average molecular weight is 712 g/mol. The molecule has 3 aliphatic heterocycles. The molecule has 0 unspecified atom stereocenters. The van der Waals surface area contributed by atoms with Gasteiger partial charge < -0.3 is 39.2 Å². The number of aliphatic carboxylic acids is 1. The molecule has 11 nitrogen and oxygen atoms in total. The Morgan fingerprint density at radius 3 is 1.94 bits per heavy atom. The van der Waals surface area contributed by atoms with Crippen LogP contribution in [0.4, 0.5) is 4.79 Å². The largest absolute Gasteiger partial charge is 0.481 e. The van der Waals surface area contributed by atoms with E-state index in [1.54, 1.807) is 6.92 Å². The Kier molecular flexibility index (Phi) is 16.8. The average Bonchev–Trinajstić information content (AvgIpc) is 3.81. The lowest BCUT2D eigenvalue weighted by molar-refractivity contribution is -0.174. The summed E-state index contributed by atoms with van der Waals surface area (Å²) in [6.45, 7) is 17.4. The third-order valence-corrected chi connectivity index (χ3v) is 11.0. The third kappa shape index (κ3) is 12.6. The monoisotopic (exact) mass is 711 g/mol. The van der Waals surface area contributed by atoms with Crippen LogP contribution in [0, 0.1) is 23.7 Å². The van der Waals surface area contributed by atoms with E-state index < -0.39 is 41.7 Å². The van der Waals surface area contributed by atoms with Crippen LogP contribution in [0.2, 0.25) is 0 Å². The summed E-state index contributed by atoms with van der Waals surface area (Å²) in [5, 5.41) is 23.0. The Hall–Kier alpha value is -1.95. The highest BCUT2D eigenvalue weighted by molar-refractivity contribution is 5.73. The van der Waals surface area contributed by atoms with Crippen LogP contribution in [-0.4, -0.2) is 88.7 Å². The maximum atomic E-state index is 13.9. The minimum atomic E-state index is -0.878. The van der Waals surface area contributed by atoms with Crippen LogP contribution in [0.1, 0.15) is 146 Å². The first-order valence-electron chi connectivity index (χ1n) is 19.6. The highest BCUT2D eigenvalue weighted by atomic mass is 16.6. The zero-order chi connectivity index (χ0) is 37.2. The van der Waals surface area contributed by atoms with Crippen molar-refractivity contribution < 1.29 is 48.3 Å². The molecule has 3 fully saturated rings. The number of carbonyl (C=O) groups excluding carboxylic acids is 2. The summed E-state index contributed by atoms with van der Waals surface area (Å²) in [5.41, 5.74) is -0.581. The van der Waals surface area contributed by atoms with E-state index >= 15 is 0 Å². The molecule has 0 saturated carbocycles. The summed E-state index contributed by atoms with van der Waals surface area (Å²) < 4.78 is 31.4. The molecule has 3 heterocycles. The van der Waals surface area contributed by atoms with Gasteiger partial charge >= 0.3 is 18.0 Å². The maximum absolute atomic E-state index is 13.9. The van der Waals surface area contributed by atoms with Gasteiger partial charge in [-0.15, -0.1) is 0 Å². The Morgan fingerprint density at radius 1 is 0.780 bits per heavy atom. The van der Waals surface area contributed by atoms with E-state index in [0.717, 1.165) is 57.8 Å². The van der Waals surface area contributed by atoms with Crippen LogP contribution >= 0.6 is 0 Å². The molecule has 0 aromatic heterocycles. The minimum absolute atomic E-state index is 0.0541. The van der Waals surface area contributed by atoms with Crippen LogP contribution in [0.25, 0.3) is 0 Å². The van der Waals surface area contributed by atoms with Gasteiger partial charge in [0.25, 0.3) is 0 Å². The van der Waals surface area contributed by atoms with Crippen molar-refractivity contribution in [3.8, 4) is 0 Å². The van der Waals surface area contributed by atoms with Gasteiger partial charge in [-0.2, -0.15) is 0 Å². The minimum Gasteiger partial charge on any atom is -0.481 e. The first-order chi connectivity index (χ1) is 23.6. The van der Waals surface area contributed by atoms with Crippen molar-refractivity contribution in [1.29, 1.82) is 0 Å². The topological polar surface area (TPSA) is 150 Å². The van der Waals surface area contributed by atoms with Gasteiger partial charge in [0.1, 0.15) is 11.7 Å². The number of alkyl carbamates (subject to hydrolysis) is 1. The van der Waals surface area contributed by atoms with Gasteiger partial charge in [-0.3, -0.25) is 9.59 Å². The van der Waals surface area contributed by atoms with E-state index in [2.05, 4.69) is 26.1 Å². The summed E-state index contributed by atoms with van der Waals surface area (Å²) in [7, 11) is 0. The van der Waals surface area contributed by atoms with Crippen molar-refractivity contribution >= 4 is 18.0 Å². The number of nitrogens with one attached hydrogen (secondary N) is 1. The smallest absolute Gasteiger partial charge is 0.407 e. The molecule has 3 aliphatic rings. The van der Waals surface area contributed by atoms with E-state index in [4.69, 9.17) is 23.7 Å². The van der Waals surface area contributed by atoms with E-state index in [-0.39, 0.29) is 60.5 Å². The Balaban J connectivity index is 1.73. The molecule has 1 amide bonds. The number of aliphatic hydroxyl groups is 1. The molecular formula is C39H69NO10. The van der Waals surface area contributed by atoms with Gasteiger partial charge in [-0.05, 0) is 105 Å². The standard InChI is InChI=1S/C39H69NO10/c1-10-13-26(40-38(45)50-39(7,8)9)21-28-16-18-34(47-28)30(12-3)35(23(4)31-19-20-32(48-31)24(5)36(42)43)49-37(44)25(6)33-17-15-29(46-33)22-27(41)14-11-2/h23-35,41H,10-22H2,1-9H3,(H,40,45)(H,42,43)/t23-,24-,25-,26-,27+,28+,29+,30-,31+,32-,33-,34-,35+/m1/s1. The molecule has 0 aromatic rings. The van der Waals surface area contributed by atoms with Gasteiger partial charge in [-0.25, -0.2) is 4.79 Å². The molecule has 13 atom stereocenters. The van der Waals surface area contributed by atoms with Crippen LogP contribution in [-0.2, 0) is 33.3 Å². The molecule has 3 rings (SSSR count). The molecule has 0 spiro atoms. The molecule has 0 aliphatic carbocycles. The number of carbonyl (C=O) groups is 3. The van der Waals surface area contributed by atoms with E-state index in [9.17, 15) is 24.6 Å². The highest BCUT2D eigenvalue weighted by Crippen LogP contribution is 2.40. The molecule has 0 bridgehead atoms. The lowest BCUT2D eigenvalue weighted by Gasteiger charge is -2.37. The fourth-order valence-electron chi connectivity index (χ4n) is 8.14. The Morgan fingerprint density at radius 2 is 1.34 bits per heavy atom. The molecule has 3 saturated heterocycles. The number of hydrogen-bond acceptors (Lipinski definition) is 9. The van der Waals surface area contributed by atoms with Crippen LogP contribution < -0.4 is 5.32 Å². The molecule has 3 N–H and O–H groups in total. The summed E-state index contributed by atoms with van der Waals surface area (Å²) >= 11 is 0. The molecule has 11 heteroatoms. The second kappa shape index (κ2) is 19.8. The number of ether oxygens (including phenoxy) is 5. The van der Waals surface area contributed by atoms with E-state index in [1.807, 2.05) is 34.6 Å². The predicted molar refractivity (Wildman–Crippen MR) is 191 cm³/mol. The van der Waals surface area contributed by atoms with Gasteiger partial charge in [0.2, 0.25) is 0 Å². The SMILES string of the molecule is CCC[C@H](O)C[C@@H]1CC[C@H]([C@@H](C)C(=O)O[C@@H]([C@H](C)[C@@H]2CC[C@H]([C@@H](C)C(=O)O)O2)[C@H](CC)[C@H]2CC[C@@H](C[C@@H](CCC)NC(=O)OC(C)(C)C)O2)O1. The van der Waals surface area contributed by atoms with Crippen LogP contribution in [0.15, 0.2) is 0 Å². The molecule has 0 radical (unpaired) electrons. The fourth-order valence-corrected chi connectivity index (χ4v) is 8.14. The number of hydrogen-bond donors (Lipinski definition) is 3. The van der Waals surface area contributed by atoms with Crippen molar-refractivity contribution in [2.75, 3.05) is 0 Å². The fraction of sp³-hybridized carbons (Fsp3) is 0.923. The second-order valence-electron chi connectivity index (χ2n) is 16.3. The third-order valence-electron chi connectivity index (χ3n) is 11.0. The van der Waals surface area contributed by atoms with Gasteiger partial charge in [-0.1, -0.05) is 40.5 Å². The van der Waals surface area contributed by atoms with Gasteiger partial charge in [0.05, 0.1) is 54.6 Å². The van der Waals surface area contributed by atoms with Crippen LogP contribution in [0.5, 0.6) is 0 Å². The number of rotatable bonds is 19. The molecule has 290 valence electrons. The zero-order valence-corrected chi connectivity index (χ0v) is 32.4. The first-order valence-corrected chi connectivity index (χ1v) is 19.6. The number of amides is 1. The lowest BCUT2D eigenvalue weighted by atomic mass is 9.81. The Labute approximate surface area is 301 Å². The summed E-state index contributed by atoms with van der Waals surface area (Å²) in [5.74, 6) is -2.58. The quantitative estimate of drug-likeness (QED) is 0.118. The highest BCUT2D eigenvalue weighted by Gasteiger charge is 2.46. The maximum Gasteiger partial charge on any atom is 0.407 e. The summed E-state index contributed by atoms with van der Waals surface area (Å²) in [4.78, 5) is 38.2. The van der Waals surface area contributed by atoms with E-state index in [0.29, 0.717) is 25.7 Å². The van der Waals surface area contributed by atoms with Crippen molar-refractivity contribution in [2.24, 2.45) is 23.7 Å². The normalized spacial score (nSPS) is 29.8.